The van der Waals surface area contributed by atoms with Crippen molar-refractivity contribution in [2.45, 2.75) is 19.9 Å². The lowest BCUT2D eigenvalue weighted by molar-refractivity contribution is -0.116. The van der Waals surface area contributed by atoms with Gasteiger partial charge in [-0.3, -0.25) is 4.79 Å². The van der Waals surface area contributed by atoms with Gasteiger partial charge in [0.1, 0.15) is 11.8 Å². The normalized spacial score (nSPS) is 11.9. The van der Waals surface area contributed by atoms with Crippen LogP contribution in [0.25, 0.3) is 0 Å². The van der Waals surface area contributed by atoms with Gasteiger partial charge in [-0.2, -0.15) is 0 Å². The quantitative estimate of drug-likeness (QED) is 0.811. The molecule has 0 aliphatic heterocycles. The Morgan fingerprint density at radius 2 is 2.21 bits per heavy atom. The Balaban J connectivity index is 1.96. The highest BCUT2D eigenvalue weighted by Gasteiger charge is 2.14. The van der Waals surface area contributed by atoms with Crippen LogP contribution < -0.4 is 10.6 Å². The third kappa shape index (κ3) is 3.95. The molecule has 0 aliphatic rings. The minimum Gasteiger partial charge on any atom is -0.374 e. The van der Waals surface area contributed by atoms with Crippen molar-refractivity contribution in [2.75, 3.05) is 10.6 Å². The maximum absolute atomic E-state index is 12.0. The lowest BCUT2D eigenvalue weighted by Gasteiger charge is -2.14. The molecule has 0 fully saturated rings. The third-order valence-corrected chi connectivity index (χ3v) is 3.15. The Morgan fingerprint density at radius 1 is 1.42 bits per heavy atom. The Morgan fingerprint density at radius 3 is 2.84 bits per heavy atom. The number of hydrogen-bond donors (Lipinski definition) is 2. The first-order valence-electron chi connectivity index (χ1n) is 5.81. The predicted octanol–water partition coefficient (Wildman–Crippen LogP) is 3.03. The molecule has 0 unspecified atom stereocenters. The van der Waals surface area contributed by atoms with Gasteiger partial charge in [-0.05, 0) is 54.6 Å². The molecule has 2 N–H and O–H groups in total. The number of rotatable bonds is 4. The summed E-state index contributed by atoms with van der Waals surface area (Å²) >= 11 is 2.23. The van der Waals surface area contributed by atoms with Crippen LogP contribution in [-0.4, -0.2) is 17.1 Å². The first-order chi connectivity index (χ1) is 9.04. The molecule has 19 heavy (non-hydrogen) atoms. The number of nitrogens with one attached hydrogen (secondary N) is 2. The number of hydrogen-bond acceptors (Lipinski definition) is 4. The number of anilines is 2. The molecule has 0 bridgehead atoms. The number of carbonyl (C=O) groups excluding carboxylic acids is 1. The average molecular weight is 371 g/mol. The second-order valence-electron chi connectivity index (χ2n) is 4.19. The van der Waals surface area contributed by atoms with Crippen LogP contribution in [0.1, 0.15) is 12.7 Å². The van der Waals surface area contributed by atoms with E-state index in [0.29, 0.717) is 11.6 Å². The molecule has 0 radical (unpaired) electrons. The molecule has 2 rings (SSSR count). The molecular formula is C13H14IN3O2. The summed E-state index contributed by atoms with van der Waals surface area (Å²) in [5.41, 5.74) is 0.908. The smallest absolute Gasteiger partial charge is 0.247 e. The van der Waals surface area contributed by atoms with Gasteiger partial charge in [0.2, 0.25) is 5.91 Å². The minimum atomic E-state index is -0.366. The Labute approximate surface area is 124 Å². The van der Waals surface area contributed by atoms with Gasteiger partial charge in [-0.25, -0.2) is 0 Å². The summed E-state index contributed by atoms with van der Waals surface area (Å²) in [4.78, 5) is 12.0. The molecule has 5 nitrogen and oxygen atoms in total. The summed E-state index contributed by atoms with van der Waals surface area (Å²) in [6, 6.07) is 9.15. The van der Waals surface area contributed by atoms with E-state index in [-0.39, 0.29) is 11.9 Å². The van der Waals surface area contributed by atoms with E-state index in [1.54, 1.807) is 19.9 Å². The Hall–Kier alpha value is -1.57. The monoisotopic (exact) mass is 371 g/mol. The Kier molecular flexibility index (Phi) is 4.41. The standard InChI is InChI=1S/C13H14IN3O2/c1-8-6-12(17-19-8)16-13(18)9(2)15-11-5-3-4-10(14)7-11/h3-7,9,15H,1-2H3,(H,16,17,18)/t9-/m1/s1. The number of halogens is 1. The van der Waals surface area contributed by atoms with Crippen LogP contribution in [0.3, 0.4) is 0 Å². The maximum atomic E-state index is 12.0. The summed E-state index contributed by atoms with van der Waals surface area (Å²) in [5.74, 6) is 0.930. The van der Waals surface area contributed by atoms with Crippen LogP contribution in [0.4, 0.5) is 11.5 Å². The molecule has 100 valence electrons. The van der Waals surface area contributed by atoms with Crippen LogP contribution in [0.5, 0.6) is 0 Å². The summed E-state index contributed by atoms with van der Waals surface area (Å²) in [6.45, 7) is 3.57. The van der Waals surface area contributed by atoms with Crippen molar-refractivity contribution in [3.63, 3.8) is 0 Å². The molecule has 0 saturated heterocycles. The fourth-order valence-electron chi connectivity index (χ4n) is 1.55. The molecular weight excluding hydrogens is 357 g/mol. The number of aryl methyl sites for hydroxylation is 1. The number of carbonyl (C=O) groups is 1. The van der Waals surface area contributed by atoms with Crippen molar-refractivity contribution in [3.05, 3.63) is 39.7 Å². The lowest BCUT2D eigenvalue weighted by atomic mass is 10.2. The topological polar surface area (TPSA) is 67.2 Å². The van der Waals surface area contributed by atoms with Crippen LogP contribution in [-0.2, 0) is 4.79 Å². The fraction of sp³-hybridized carbons (Fsp3) is 0.231. The van der Waals surface area contributed by atoms with E-state index in [4.69, 9.17) is 4.52 Å². The molecule has 1 aromatic carbocycles. The maximum Gasteiger partial charge on any atom is 0.247 e. The van der Waals surface area contributed by atoms with Gasteiger partial charge < -0.3 is 15.2 Å². The van der Waals surface area contributed by atoms with Crippen molar-refractivity contribution >= 4 is 40.0 Å². The lowest BCUT2D eigenvalue weighted by Crippen LogP contribution is -2.31. The number of nitrogens with zero attached hydrogens (tertiary/aromatic N) is 1. The Bertz CT molecular complexity index is 583. The predicted molar refractivity (Wildman–Crippen MR) is 82.1 cm³/mol. The highest BCUT2D eigenvalue weighted by molar-refractivity contribution is 14.1. The van der Waals surface area contributed by atoms with Crippen molar-refractivity contribution in [3.8, 4) is 0 Å². The molecule has 2 aromatic rings. The first kappa shape index (κ1) is 13.9. The van der Waals surface area contributed by atoms with Gasteiger partial charge in [0.15, 0.2) is 5.82 Å². The average Bonchev–Trinajstić information content (AvgIpc) is 2.74. The van der Waals surface area contributed by atoms with Crippen molar-refractivity contribution in [1.29, 1.82) is 0 Å². The molecule has 0 saturated carbocycles. The van der Waals surface area contributed by atoms with Crippen LogP contribution in [0.2, 0.25) is 0 Å². The van der Waals surface area contributed by atoms with Gasteiger partial charge in [-0.1, -0.05) is 11.2 Å². The van der Waals surface area contributed by atoms with Crippen molar-refractivity contribution in [1.82, 2.24) is 5.16 Å². The molecule has 1 aromatic heterocycles. The van der Waals surface area contributed by atoms with Crippen molar-refractivity contribution < 1.29 is 9.32 Å². The SMILES string of the molecule is Cc1cc(NC(=O)[C@@H](C)Nc2cccc(I)c2)no1. The zero-order valence-corrected chi connectivity index (χ0v) is 12.8. The van der Waals surface area contributed by atoms with E-state index in [0.717, 1.165) is 9.26 Å². The third-order valence-electron chi connectivity index (χ3n) is 2.48. The minimum absolute atomic E-state index is 0.160. The van der Waals surface area contributed by atoms with E-state index < -0.39 is 0 Å². The van der Waals surface area contributed by atoms with Crippen LogP contribution in [0.15, 0.2) is 34.9 Å². The van der Waals surface area contributed by atoms with E-state index in [1.165, 1.54) is 0 Å². The van der Waals surface area contributed by atoms with Gasteiger partial charge in [0.25, 0.3) is 0 Å². The molecule has 1 amide bonds. The van der Waals surface area contributed by atoms with Crippen LogP contribution in [0, 0.1) is 10.5 Å². The van der Waals surface area contributed by atoms with Crippen LogP contribution >= 0.6 is 22.6 Å². The van der Waals surface area contributed by atoms with Crippen molar-refractivity contribution in [2.24, 2.45) is 0 Å². The molecule has 1 atom stereocenters. The summed E-state index contributed by atoms with van der Waals surface area (Å²) < 4.78 is 6.01. The fourth-order valence-corrected chi connectivity index (χ4v) is 2.10. The van der Waals surface area contributed by atoms with Gasteiger partial charge in [0.05, 0.1) is 0 Å². The van der Waals surface area contributed by atoms with E-state index in [9.17, 15) is 4.79 Å². The molecule has 0 aliphatic carbocycles. The molecule has 0 spiro atoms. The van der Waals surface area contributed by atoms with Gasteiger partial charge in [-0.15, -0.1) is 0 Å². The van der Waals surface area contributed by atoms with E-state index >= 15 is 0 Å². The molecule has 6 heteroatoms. The summed E-state index contributed by atoms with van der Waals surface area (Å²) in [7, 11) is 0. The van der Waals surface area contributed by atoms with E-state index in [2.05, 4.69) is 38.4 Å². The largest absolute Gasteiger partial charge is 0.374 e. The highest BCUT2D eigenvalue weighted by Crippen LogP contribution is 2.14. The zero-order valence-electron chi connectivity index (χ0n) is 10.6. The van der Waals surface area contributed by atoms with Gasteiger partial charge in [0, 0.05) is 15.3 Å². The summed E-state index contributed by atoms with van der Waals surface area (Å²) in [5, 5.41) is 9.55. The highest BCUT2D eigenvalue weighted by atomic mass is 127. The van der Waals surface area contributed by atoms with Gasteiger partial charge >= 0.3 is 0 Å². The second-order valence-corrected chi connectivity index (χ2v) is 5.43. The second kappa shape index (κ2) is 6.05. The first-order valence-corrected chi connectivity index (χ1v) is 6.89. The summed E-state index contributed by atoms with van der Waals surface area (Å²) in [6.07, 6.45) is 0. The zero-order chi connectivity index (χ0) is 13.8. The number of benzene rings is 1. The number of amides is 1. The molecule has 1 heterocycles. The number of aromatic nitrogens is 1. The van der Waals surface area contributed by atoms with E-state index in [1.807, 2.05) is 24.3 Å².